The summed E-state index contributed by atoms with van der Waals surface area (Å²) < 4.78 is 0. The average molecular weight is 274 g/mol. The quantitative estimate of drug-likeness (QED) is 0.695. The number of amides is 1. The highest BCUT2D eigenvalue weighted by Gasteiger charge is 2.15. The minimum absolute atomic E-state index is 0.111. The second kappa shape index (κ2) is 4.33. The van der Waals surface area contributed by atoms with Crippen LogP contribution in [-0.4, -0.2) is 26.3 Å². The number of aromatic amines is 1. The van der Waals surface area contributed by atoms with Crippen LogP contribution in [0.4, 0.5) is 0 Å². The number of nitrogens with one attached hydrogen (secondary N) is 1. The molecule has 0 aliphatic rings. The van der Waals surface area contributed by atoms with Gasteiger partial charge >= 0.3 is 0 Å². The lowest BCUT2D eigenvalue weighted by Gasteiger charge is -2.02. The summed E-state index contributed by atoms with van der Waals surface area (Å²) in [5.74, 6) is -0.628. The number of rotatable bonds is 2. The number of aromatic nitrogens is 4. The normalized spacial score (nSPS) is 10.8. The van der Waals surface area contributed by atoms with Gasteiger partial charge in [-0.05, 0) is 17.5 Å². The van der Waals surface area contributed by atoms with Crippen molar-refractivity contribution < 1.29 is 4.79 Å². The van der Waals surface area contributed by atoms with Crippen molar-refractivity contribution in [1.29, 1.82) is 0 Å². The summed E-state index contributed by atoms with van der Waals surface area (Å²) in [7, 11) is 0. The number of carbonyl (C=O) groups is 1. The average Bonchev–Trinajstić information content (AvgIpc) is 2.88. The largest absolute Gasteiger partial charge is 0.364 e. The number of fused-ring (bicyclic) bond motifs is 1. The summed E-state index contributed by atoms with van der Waals surface area (Å²) >= 11 is 6.00. The Hall–Kier alpha value is -2.47. The number of nitrogens with two attached hydrogens (primary N) is 1. The van der Waals surface area contributed by atoms with E-state index >= 15 is 0 Å². The van der Waals surface area contributed by atoms with E-state index in [0.717, 1.165) is 16.3 Å². The van der Waals surface area contributed by atoms with Gasteiger partial charge in [-0.15, -0.1) is 0 Å². The predicted molar refractivity (Wildman–Crippen MR) is 70.6 cm³/mol. The maximum Gasteiger partial charge on any atom is 0.271 e. The minimum Gasteiger partial charge on any atom is -0.364 e. The molecule has 3 aromatic rings. The van der Waals surface area contributed by atoms with Crippen LogP contribution in [0, 0.1) is 0 Å². The molecule has 0 saturated heterocycles. The van der Waals surface area contributed by atoms with Crippen LogP contribution in [-0.2, 0) is 0 Å². The first-order valence-electron chi connectivity index (χ1n) is 5.42. The lowest BCUT2D eigenvalue weighted by Crippen LogP contribution is -2.12. The number of halogens is 1. The monoisotopic (exact) mass is 273 g/mol. The molecular formula is C12H8ClN5O. The molecule has 0 saturated carbocycles. The van der Waals surface area contributed by atoms with E-state index in [-0.39, 0.29) is 5.69 Å². The van der Waals surface area contributed by atoms with Gasteiger partial charge in [0.1, 0.15) is 10.8 Å². The topological polar surface area (TPSA) is 97.6 Å². The first-order chi connectivity index (χ1) is 9.16. The van der Waals surface area contributed by atoms with Crippen molar-refractivity contribution in [3.63, 3.8) is 0 Å². The highest BCUT2D eigenvalue weighted by atomic mass is 35.5. The molecule has 0 radical (unpaired) electrons. The minimum atomic E-state index is -0.628. The maximum absolute atomic E-state index is 11.2. The summed E-state index contributed by atoms with van der Waals surface area (Å²) in [5, 5.41) is 12.2. The molecule has 1 amide bonds. The van der Waals surface area contributed by atoms with Crippen LogP contribution >= 0.6 is 11.6 Å². The summed E-state index contributed by atoms with van der Waals surface area (Å²) in [5.41, 5.74) is 6.50. The summed E-state index contributed by atoms with van der Waals surface area (Å²) in [6, 6.07) is 7.29. The van der Waals surface area contributed by atoms with Crippen LogP contribution in [0.5, 0.6) is 0 Å². The Morgan fingerprint density at radius 3 is 2.89 bits per heavy atom. The van der Waals surface area contributed by atoms with Gasteiger partial charge in [0.2, 0.25) is 0 Å². The third-order valence-electron chi connectivity index (χ3n) is 2.77. The zero-order chi connectivity index (χ0) is 13.4. The SMILES string of the molecule is NC(=O)c1n[nH]nc1-c1ccc2c(Cl)nccc2c1. The molecule has 19 heavy (non-hydrogen) atoms. The summed E-state index contributed by atoms with van der Waals surface area (Å²) in [6.07, 6.45) is 1.62. The highest BCUT2D eigenvalue weighted by Crippen LogP contribution is 2.27. The molecule has 0 spiro atoms. The van der Waals surface area contributed by atoms with Crippen molar-refractivity contribution in [2.45, 2.75) is 0 Å². The lowest BCUT2D eigenvalue weighted by atomic mass is 10.1. The molecule has 1 aromatic carbocycles. The summed E-state index contributed by atoms with van der Waals surface area (Å²) in [4.78, 5) is 15.2. The van der Waals surface area contributed by atoms with Gasteiger partial charge < -0.3 is 5.73 Å². The fourth-order valence-electron chi connectivity index (χ4n) is 1.89. The smallest absolute Gasteiger partial charge is 0.271 e. The van der Waals surface area contributed by atoms with E-state index in [1.54, 1.807) is 12.3 Å². The molecule has 3 rings (SSSR count). The van der Waals surface area contributed by atoms with Crippen LogP contribution < -0.4 is 5.73 Å². The maximum atomic E-state index is 11.2. The molecule has 0 bridgehead atoms. The van der Waals surface area contributed by atoms with E-state index in [4.69, 9.17) is 17.3 Å². The van der Waals surface area contributed by atoms with Gasteiger partial charge in [0.05, 0.1) is 0 Å². The molecule has 2 aromatic heterocycles. The van der Waals surface area contributed by atoms with Crippen molar-refractivity contribution in [3.05, 3.63) is 41.3 Å². The van der Waals surface area contributed by atoms with Crippen LogP contribution in [0.3, 0.4) is 0 Å². The molecule has 7 heteroatoms. The van der Waals surface area contributed by atoms with Gasteiger partial charge in [0, 0.05) is 17.1 Å². The Bertz CT molecular complexity index is 783. The second-order valence-corrected chi connectivity index (χ2v) is 4.28. The number of carbonyl (C=O) groups excluding carboxylic acids is 1. The van der Waals surface area contributed by atoms with Gasteiger partial charge in [-0.1, -0.05) is 23.7 Å². The lowest BCUT2D eigenvalue weighted by molar-refractivity contribution is 0.0996. The zero-order valence-corrected chi connectivity index (χ0v) is 10.3. The van der Waals surface area contributed by atoms with E-state index in [2.05, 4.69) is 20.4 Å². The number of hydrogen-bond acceptors (Lipinski definition) is 4. The molecule has 0 aliphatic carbocycles. The van der Waals surface area contributed by atoms with Crippen LogP contribution in [0.25, 0.3) is 22.0 Å². The first-order valence-corrected chi connectivity index (χ1v) is 5.80. The number of H-pyrrole nitrogens is 1. The van der Waals surface area contributed by atoms with E-state index in [1.807, 2.05) is 18.2 Å². The molecule has 6 nitrogen and oxygen atoms in total. The van der Waals surface area contributed by atoms with Gasteiger partial charge in [0.25, 0.3) is 5.91 Å². The van der Waals surface area contributed by atoms with Crippen LogP contribution in [0.15, 0.2) is 30.5 Å². The summed E-state index contributed by atoms with van der Waals surface area (Å²) in [6.45, 7) is 0. The van der Waals surface area contributed by atoms with Crippen LogP contribution in [0.2, 0.25) is 5.15 Å². The van der Waals surface area contributed by atoms with E-state index in [9.17, 15) is 4.79 Å². The molecule has 0 unspecified atom stereocenters. The van der Waals surface area contributed by atoms with Crippen LogP contribution in [0.1, 0.15) is 10.5 Å². The zero-order valence-electron chi connectivity index (χ0n) is 9.59. The Morgan fingerprint density at radius 2 is 2.11 bits per heavy atom. The highest BCUT2D eigenvalue weighted by molar-refractivity contribution is 6.34. The van der Waals surface area contributed by atoms with Crippen molar-refractivity contribution in [1.82, 2.24) is 20.4 Å². The second-order valence-electron chi connectivity index (χ2n) is 3.92. The Kier molecular flexibility index (Phi) is 2.64. The predicted octanol–water partition coefficient (Wildman–Crippen LogP) is 1.77. The van der Waals surface area contributed by atoms with Crippen molar-refractivity contribution in [2.75, 3.05) is 0 Å². The van der Waals surface area contributed by atoms with Gasteiger partial charge in [-0.25, -0.2) is 4.98 Å². The molecule has 0 aliphatic heterocycles. The number of pyridine rings is 1. The molecule has 94 valence electrons. The number of nitrogens with zero attached hydrogens (tertiary/aromatic N) is 3. The third-order valence-corrected chi connectivity index (χ3v) is 3.07. The standard InChI is InChI=1S/C12H8ClN5O/c13-11-8-2-1-7(5-6(8)3-4-15-11)9-10(12(14)19)17-18-16-9/h1-5H,(H2,14,19)(H,16,17,18). The Balaban J connectivity index is 2.21. The molecule has 3 N–H and O–H groups in total. The third kappa shape index (κ3) is 1.92. The van der Waals surface area contributed by atoms with E-state index in [0.29, 0.717) is 10.8 Å². The number of benzene rings is 1. The van der Waals surface area contributed by atoms with Crippen molar-refractivity contribution in [3.8, 4) is 11.3 Å². The Labute approximate surface area is 112 Å². The van der Waals surface area contributed by atoms with E-state index in [1.165, 1.54) is 0 Å². The van der Waals surface area contributed by atoms with Crippen molar-refractivity contribution >= 4 is 28.3 Å². The fraction of sp³-hybridized carbons (Fsp3) is 0. The van der Waals surface area contributed by atoms with Crippen molar-refractivity contribution in [2.24, 2.45) is 5.73 Å². The molecule has 0 atom stereocenters. The van der Waals surface area contributed by atoms with Gasteiger partial charge in [0.15, 0.2) is 5.69 Å². The fourth-order valence-corrected chi connectivity index (χ4v) is 2.12. The molecule has 2 heterocycles. The van der Waals surface area contributed by atoms with Gasteiger partial charge in [-0.3, -0.25) is 4.79 Å². The Morgan fingerprint density at radius 1 is 1.26 bits per heavy atom. The number of primary amides is 1. The number of hydrogen-bond donors (Lipinski definition) is 2. The van der Waals surface area contributed by atoms with Gasteiger partial charge in [-0.2, -0.15) is 15.4 Å². The first kappa shape index (κ1) is 11.6. The molecule has 0 fully saturated rings. The molecular weight excluding hydrogens is 266 g/mol. The van der Waals surface area contributed by atoms with E-state index < -0.39 is 5.91 Å².